The molecular formula is C31H28N4O2. The van der Waals surface area contributed by atoms with E-state index in [2.05, 4.69) is 69.5 Å². The van der Waals surface area contributed by atoms with Crippen molar-refractivity contribution >= 4 is 39.2 Å². The van der Waals surface area contributed by atoms with Crippen LogP contribution in [0.1, 0.15) is 29.0 Å². The van der Waals surface area contributed by atoms with Gasteiger partial charge in [-0.05, 0) is 35.4 Å². The average Bonchev–Trinajstić information content (AvgIpc) is 3.23. The summed E-state index contributed by atoms with van der Waals surface area (Å²) in [5.74, 6) is 0.880. The number of carbonyl (C=O) groups excluding carboxylic acids is 1. The molecule has 1 fully saturated rings. The van der Waals surface area contributed by atoms with E-state index in [4.69, 9.17) is 9.72 Å². The number of fused-ring (bicyclic) bond motifs is 1. The third-order valence-corrected chi connectivity index (χ3v) is 7.59. The maximum atomic E-state index is 13.2. The van der Waals surface area contributed by atoms with E-state index in [1.54, 1.807) is 0 Å². The quantitative estimate of drug-likeness (QED) is 0.360. The van der Waals surface area contributed by atoms with Crippen LogP contribution < -0.4 is 10.2 Å². The second-order valence-electron chi connectivity index (χ2n) is 9.90. The summed E-state index contributed by atoms with van der Waals surface area (Å²) in [4.78, 5) is 20.7. The van der Waals surface area contributed by atoms with Gasteiger partial charge >= 0.3 is 0 Å². The van der Waals surface area contributed by atoms with Crippen molar-refractivity contribution in [2.75, 3.05) is 36.5 Å². The Morgan fingerprint density at radius 2 is 1.73 bits per heavy atom. The lowest BCUT2D eigenvalue weighted by molar-refractivity contribution is -0.116. The molecule has 7 rings (SSSR count). The number of amides is 1. The molecule has 37 heavy (non-hydrogen) atoms. The Morgan fingerprint density at radius 1 is 0.919 bits per heavy atom. The number of nitrogens with zero attached hydrogens (tertiary/aromatic N) is 3. The van der Waals surface area contributed by atoms with Crippen LogP contribution in [0, 0.1) is 0 Å². The molecule has 0 bridgehead atoms. The zero-order valence-corrected chi connectivity index (χ0v) is 20.6. The van der Waals surface area contributed by atoms with Crippen LogP contribution in [0.3, 0.4) is 0 Å². The Kier molecular flexibility index (Phi) is 5.40. The van der Waals surface area contributed by atoms with Crippen molar-refractivity contribution in [1.29, 1.82) is 0 Å². The van der Waals surface area contributed by atoms with Crippen molar-refractivity contribution in [2.45, 2.75) is 18.9 Å². The van der Waals surface area contributed by atoms with E-state index in [-0.39, 0.29) is 11.8 Å². The van der Waals surface area contributed by atoms with E-state index in [9.17, 15) is 4.79 Å². The number of nitrogens with one attached hydrogen (secondary N) is 1. The van der Waals surface area contributed by atoms with E-state index in [1.165, 1.54) is 11.1 Å². The molecule has 2 aliphatic heterocycles. The number of rotatable bonds is 4. The highest BCUT2D eigenvalue weighted by Gasteiger charge is 2.31. The van der Waals surface area contributed by atoms with Gasteiger partial charge in [0, 0.05) is 54.5 Å². The van der Waals surface area contributed by atoms with Gasteiger partial charge in [0.2, 0.25) is 5.91 Å². The number of pyridine rings is 1. The predicted molar refractivity (Wildman–Crippen MR) is 147 cm³/mol. The Labute approximate surface area is 215 Å². The van der Waals surface area contributed by atoms with Gasteiger partial charge in [-0.2, -0.15) is 0 Å². The molecule has 1 saturated heterocycles. The van der Waals surface area contributed by atoms with Gasteiger partial charge < -0.3 is 19.5 Å². The smallest absolute Gasteiger partial charge is 0.225 e. The number of carbonyl (C=O) groups is 1. The Bertz CT molecular complexity index is 1620. The number of aromatic nitrogens is 2. The normalized spacial score (nSPS) is 17.7. The monoisotopic (exact) mass is 488 g/mol. The predicted octanol–water partition coefficient (Wildman–Crippen LogP) is 5.55. The number of para-hydroxylation sites is 1. The van der Waals surface area contributed by atoms with Crippen molar-refractivity contribution in [2.24, 2.45) is 0 Å². The van der Waals surface area contributed by atoms with Gasteiger partial charge in [-0.1, -0.05) is 54.6 Å². The van der Waals surface area contributed by atoms with Crippen molar-refractivity contribution < 1.29 is 9.53 Å². The van der Waals surface area contributed by atoms with Gasteiger partial charge in [-0.3, -0.25) is 4.79 Å². The summed E-state index contributed by atoms with van der Waals surface area (Å²) in [7, 11) is 0. The van der Waals surface area contributed by atoms with E-state index in [0.29, 0.717) is 19.6 Å². The van der Waals surface area contributed by atoms with Crippen LogP contribution in [0.4, 0.5) is 11.5 Å². The maximum Gasteiger partial charge on any atom is 0.225 e. The zero-order chi connectivity index (χ0) is 24.8. The van der Waals surface area contributed by atoms with Crippen LogP contribution in [0.15, 0.2) is 85.1 Å². The third-order valence-electron chi connectivity index (χ3n) is 7.59. The third kappa shape index (κ3) is 3.94. The van der Waals surface area contributed by atoms with Gasteiger partial charge in [0.15, 0.2) is 0 Å². The number of ether oxygens (including phenoxy) is 1. The summed E-state index contributed by atoms with van der Waals surface area (Å²) in [6, 6.07) is 27.2. The number of anilines is 2. The Hall–Kier alpha value is -4.16. The number of hydrogen-bond donors (Lipinski definition) is 1. The number of morpholine rings is 1. The summed E-state index contributed by atoms with van der Waals surface area (Å²) in [6.45, 7) is 3.71. The molecule has 4 heterocycles. The van der Waals surface area contributed by atoms with E-state index in [0.717, 1.165) is 58.5 Å². The Balaban J connectivity index is 1.44. The van der Waals surface area contributed by atoms with Crippen LogP contribution in [0.25, 0.3) is 21.8 Å². The summed E-state index contributed by atoms with van der Waals surface area (Å²) in [6.07, 6.45) is 2.63. The largest absolute Gasteiger partial charge is 0.378 e. The molecule has 2 aliphatic rings. The molecule has 0 spiro atoms. The van der Waals surface area contributed by atoms with Crippen LogP contribution in [-0.4, -0.2) is 41.8 Å². The summed E-state index contributed by atoms with van der Waals surface area (Å²) in [5.41, 5.74) is 6.50. The first-order valence-electron chi connectivity index (χ1n) is 12.9. The summed E-state index contributed by atoms with van der Waals surface area (Å²) in [5, 5.41) is 5.40. The molecule has 1 amide bonds. The zero-order valence-electron chi connectivity index (χ0n) is 20.6. The molecular weight excluding hydrogens is 460 g/mol. The minimum atomic E-state index is -0.113. The highest BCUT2D eigenvalue weighted by Crippen LogP contribution is 2.44. The molecule has 0 unspecified atom stereocenters. The van der Waals surface area contributed by atoms with Crippen molar-refractivity contribution in [3.05, 3.63) is 102 Å². The summed E-state index contributed by atoms with van der Waals surface area (Å²) < 4.78 is 7.96. The first-order valence-corrected chi connectivity index (χ1v) is 12.9. The molecule has 0 saturated carbocycles. The number of hydrogen-bond acceptors (Lipinski definition) is 4. The van der Waals surface area contributed by atoms with Crippen molar-refractivity contribution in [1.82, 2.24) is 9.55 Å². The molecule has 3 aromatic carbocycles. The Morgan fingerprint density at radius 3 is 2.59 bits per heavy atom. The molecule has 0 aliphatic carbocycles. The lowest BCUT2D eigenvalue weighted by Gasteiger charge is -2.31. The standard InChI is InChI=1S/C31H28N4O2/c36-29-18-23(24-17-22-9-4-5-10-26(22)33-31(24)34-13-15-37-16-14-34)25-20-35(19-21-7-2-1-3-8-21)28-12-6-11-27(32-29)30(25)28/h1-12,17,20,23H,13-16,18-19H2,(H,32,36)/t23-/m0/s1. The number of benzene rings is 3. The van der Waals surface area contributed by atoms with Crippen LogP contribution in [-0.2, 0) is 16.1 Å². The molecule has 5 aromatic rings. The van der Waals surface area contributed by atoms with Crippen molar-refractivity contribution in [3.63, 3.8) is 0 Å². The molecule has 6 heteroatoms. The van der Waals surface area contributed by atoms with E-state index >= 15 is 0 Å². The second-order valence-corrected chi connectivity index (χ2v) is 9.90. The SMILES string of the molecule is O=C1C[C@@H](c2cc3ccccc3nc2N2CCOCC2)c2cn(Cc3ccccc3)c3cccc(c23)N1. The van der Waals surface area contributed by atoms with E-state index in [1.807, 2.05) is 30.3 Å². The van der Waals surface area contributed by atoms with Crippen LogP contribution in [0.5, 0.6) is 0 Å². The molecule has 2 aromatic heterocycles. The fourth-order valence-corrected chi connectivity index (χ4v) is 5.85. The highest BCUT2D eigenvalue weighted by atomic mass is 16.5. The lowest BCUT2D eigenvalue weighted by atomic mass is 9.87. The molecule has 1 atom stereocenters. The minimum Gasteiger partial charge on any atom is -0.378 e. The van der Waals surface area contributed by atoms with Crippen molar-refractivity contribution in [3.8, 4) is 0 Å². The molecule has 0 radical (unpaired) electrons. The average molecular weight is 489 g/mol. The van der Waals surface area contributed by atoms with Gasteiger partial charge in [-0.15, -0.1) is 0 Å². The molecule has 6 nitrogen and oxygen atoms in total. The molecule has 1 N–H and O–H groups in total. The fourth-order valence-electron chi connectivity index (χ4n) is 5.85. The van der Waals surface area contributed by atoms with Gasteiger partial charge in [0.25, 0.3) is 0 Å². The second kappa shape index (κ2) is 9.05. The van der Waals surface area contributed by atoms with Crippen LogP contribution >= 0.6 is 0 Å². The first-order chi connectivity index (χ1) is 18.2. The van der Waals surface area contributed by atoms with E-state index < -0.39 is 0 Å². The van der Waals surface area contributed by atoms with Gasteiger partial charge in [0.1, 0.15) is 5.82 Å². The van der Waals surface area contributed by atoms with Gasteiger partial charge in [0.05, 0.1) is 29.9 Å². The van der Waals surface area contributed by atoms with Crippen LogP contribution in [0.2, 0.25) is 0 Å². The lowest BCUT2D eigenvalue weighted by Crippen LogP contribution is -2.37. The van der Waals surface area contributed by atoms with Gasteiger partial charge in [-0.25, -0.2) is 4.98 Å². The molecule has 184 valence electrons. The maximum absolute atomic E-state index is 13.2. The topological polar surface area (TPSA) is 59.4 Å². The summed E-state index contributed by atoms with van der Waals surface area (Å²) >= 11 is 0. The minimum absolute atomic E-state index is 0.0318. The first kappa shape index (κ1) is 22.1. The fraction of sp³-hybridized carbons (Fsp3) is 0.226. The highest BCUT2D eigenvalue weighted by molar-refractivity contribution is 6.06.